The molecule has 0 unspecified atom stereocenters. The zero-order valence-corrected chi connectivity index (χ0v) is 16.6. The molecule has 1 aliphatic rings. The molecule has 1 heterocycles. The molecule has 158 valence electrons. The van der Waals surface area contributed by atoms with E-state index in [1.165, 1.54) is 0 Å². The number of aliphatic hydroxyl groups excluding tert-OH is 3. The number of aliphatic hydroxyl groups is 3. The first-order chi connectivity index (χ1) is 13.4. The lowest BCUT2D eigenvalue weighted by Crippen LogP contribution is -2.25. The Hall–Kier alpha value is -1.73. The van der Waals surface area contributed by atoms with E-state index in [0.29, 0.717) is 25.7 Å². The van der Waals surface area contributed by atoms with E-state index in [1.807, 2.05) is 12.2 Å². The predicted octanol–water partition coefficient (Wildman–Crippen LogP) is 2.90. The van der Waals surface area contributed by atoms with Crippen molar-refractivity contribution in [3.63, 3.8) is 0 Å². The molecular formula is C22H34O6. The maximum Gasteiger partial charge on any atom is 0.303 e. The largest absolute Gasteiger partial charge is 0.481 e. The summed E-state index contributed by atoms with van der Waals surface area (Å²) in [6.07, 6.45) is 15.1. The molecule has 1 aliphatic heterocycles. The van der Waals surface area contributed by atoms with Gasteiger partial charge in [0.25, 0.3) is 0 Å². The third kappa shape index (κ3) is 10.6. The molecule has 0 aliphatic carbocycles. The molecule has 0 saturated carbocycles. The van der Waals surface area contributed by atoms with E-state index >= 15 is 0 Å². The number of carbonyl (C=O) groups is 1. The second kappa shape index (κ2) is 14.3. The Labute approximate surface area is 167 Å². The van der Waals surface area contributed by atoms with Crippen molar-refractivity contribution in [2.24, 2.45) is 0 Å². The van der Waals surface area contributed by atoms with E-state index < -0.39 is 36.5 Å². The van der Waals surface area contributed by atoms with Gasteiger partial charge in [-0.15, -0.1) is 0 Å². The minimum atomic E-state index is -0.854. The van der Waals surface area contributed by atoms with Gasteiger partial charge in [-0.25, -0.2) is 0 Å². The summed E-state index contributed by atoms with van der Waals surface area (Å²) in [6.45, 7) is 2.08. The average molecular weight is 395 g/mol. The summed E-state index contributed by atoms with van der Waals surface area (Å²) in [5.41, 5.74) is 0. The van der Waals surface area contributed by atoms with Crippen LogP contribution in [0.15, 0.2) is 48.6 Å². The monoisotopic (exact) mass is 394 g/mol. The Morgan fingerprint density at radius 3 is 2.54 bits per heavy atom. The highest BCUT2D eigenvalue weighted by atomic mass is 16.5. The first-order valence-corrected chi connectivity index (χ1v) is 9.98. The van der Waals surface area contributed by atoms with E-state index in [9.17, 15) is 20.1 Å². The van der Waals surface area contributed by atoms with Gasteiger partial charge in [-0.1, -0.05) is 55.5 Å². The lowest BCUT2D eigenvalue weighted by Gasteiger charge is -2.16. The van der Waals surface area contributed by atoms with Crippen molar-refractivity contribution in [2.45, 2.75) is 82.4 Å². The van der Waals surface area contributed by atoms with Gasteiger partial charge in [0, 0.05) is 12.8 Å². The van der Waals surface area contributed by atoms with Crippen LogP contribution in [0.5, 0.6) is 0 Å². The van der Waals surface area contributed by atoms with Crippen LogP contribution in [0.2, 0.25) is 0 Å². The van der Waals surface area contributed by atoms with E-state index in [2.05, 4.69) is 19.1 Å². The summed E-state index contributed by atoms with van der Waals surface area (Å²) in [4.78, 5) is 10.4. The van der Waals surface area contributed by atoms with Crippen LogP contribution in [0.3, 0.4) is 0 Å². The van der Waals surface area contributed by atoms with Crippen molar-refractivity contribution in [3.8, 4) is 0 Å². The molecule has 0 aromatic carbocycles. The van der Waals surface area contributed by atoms with Gasteiger partial charge in [0.15, 0.2) is 0 Å². The number of aliphatic carboxylic acids is 1. The van der Waals surface area contributed by atoms with E-state index in [4.69, 9.17) is 9.84 Å². The molecule has 0 aromatic heterocycles. The molecule has 0 aromatic rings. The summed E-state index contributed by atoms with van der Waals surface area (Å²) in [7, 11) is 0. The van der Waals surface area contributed by atoms with Gasteiger partial charge < -0.3 is 25.2 Å². The standard InChI is InChI=1S/C22H34O6/c1-2-3-4-5-6-8-11-17(23)14-15-20-19(25)16-21(28-20)18(24)12-9-7-10-13-22(26)27/h3-4,6-9,14-15,17-21,23-25H,2,5,10-13,16H2,1H3,(H,26,27)/b4-3-,8-6-,9-7-,15-14+/t17-,18-,19+,20+,21+/m1/s1. The molecule has 6 nitrogen and oxygen atoms in total. The summed E-state index contributed by atoms with van der Waals surface area (Å²) in [5.74, 6) is -0.854. The van der Waals surface area contributed by atoms with Crippen LogP contribution in [-0.2, 0) is 9.53 Å². The molecule has 4 N–H and O–H groups in total. The smallest absolute Gasteiger partial charge is 0.303 e. The van der Waals surface area contributed by atoms with Crippen LogP contribution >= 0.6 is 0 Å². The van der Waals surface area contributed by atoms with Gasteiger partial charge in [-0.05, 0) is 32.1 Å². The molecule has 0 spiro atoms. The van der Waals surface area contributed by atoms with Crippen LogP contribution < -0.4 is 0 Å². The molecule has 1 rings (SSSR count). The normalized spacial score (nSPS) is 25.5. The summed E-state index contributed by atoms with van der Waals surface area (Å²) < 4.78 is 5.70. The molecule has 28 heavy (non-hydrogen) atoms. The molecule has 0 radical (unpaired) electrons. The fourth-order valence-corrected chi connectivity index (χ4v) is 2.84. The van der Waals surface area contributed by atoms with E-state index in [-0.39, 0.29) is 6.42 Å². The van der Waals surface area contributed by atoms with Gasteiger partial charge in [0.05, 0.1) is 24.4 Å². The van der Waals surface area contributed by atoms with Crippen LogP contribution in [0, 0.1) is 0 Å². The van der Waals surface area contributed by atoms with Crippen molar-refractivity contribution >= 4 is 5.97 Å². The lowest BCUT2D eigenvalue weighted by molar-refractivity contribution is -0.136. The third-order valence-corrected chi connectivity index (χ3v) is 4.42. The number of carboxylic acid groups (broad SMARTS) is 1. The van der Waals surface area contributed by atoms with Crippen LogP contribution in [-0.4, -0.2) is 56.9 Å². The minimum absolute atomic E-state index is 0.0606. The molecule has 1 fully saturated rings. The van der Waals surface area contributed by atoms with E-state index in [1.54, 1.807) is 24.3 Å². The van der Waals surface area contributed by atoms with Gasteiger partial charge in [0.2, 0.25) is 0 Å². The minimum Gasteiger partial charge on any atom is -0.481 e. The molecule has 0 amide bonds. The zero-order valence-electron chi connectivity index (χ0n) is 16.6. The van der Waals surface area contributed by atoms with Gasteiger partial charge in [0.1, 0.15) is 6.10 Å². The fraction of sp³-hybridized carbons (Fsp3) is 0.591. The first kappa shape index (κ1) is 24.3. The highest BCUT2D eigenvalue weighted by molar-refractivity contribution is 5.66. The van der Waals surface area contributed by atoms with Crippen molar-refractivity contribution in [1.29, 1.82) is 0 Å². The van der Waals surface area contributed by atoms with Gasteiger partial charge >= 0.3 is 5.97 Å². The second-order valence-corrected chi connectivity index (χ2v) is 6.92. The van der Waals surface area contributed by atoms with Crippen LogP contribution in [0.4, 0.5) is 0 Å². The highest BCUT2D eigenvalue weighted by Gasteiger charge is 2.35. The maximum absolute atomic E-state index is 10.4. The molecule has 0 bridgehead atoms. The van der Waals surface area contributed by atoms with Gasteiger partial charge in [-0.2, -0.15) is 0 Å². The van der Waals surface area contributed by atoms with Crippen molar-refractivity contribution in [1.82, 2.24) is 0 Å². The fourth-order valence-electron chi connectivity index (χ4n) is 2.84. The Morgan fingerprint density at radius 1 is 1.11 bits per heavy atom. The quantitative estimate of drug-likeness (QED) is 0.358. The van der Waals surface area contributed by atoms with Crippen molar-refractivity contribution in [3.05, 3.63) is 48.6 Å². The maximum atomic E-state index is 10.4. The number of allylic oxidation sites excluding steroid dienone is 4. The molecule has 1 saturated heterocycles. The summed E-state index contributed by atoms with van der Waals surface area (Å²) >= 11 is 0. The number of rotatable bonds is 13. The lowest BCUT2D eigenvalue weighted by atomic mass is 10.0. The summed E-state index contributed by atoms with van der Waals surface area (Å²) in [6, 6.07) is 0. The van der Waals surface area contributed by atoms with Gasteiger partial charge in [-0.3, -0.25) is 4.79 Å². The molecule has 5 atom stereocenters. The SMILES string of the molecule is CC/C=C\C/C=C\C[C@@H](O)/C=C/[C@@H]1O[C@H]([C@H](O)C/C=C\CCC(=O)O)C[C@@H]1O. The highest BCUT2D eigenvalue weighted by Crippen LogP contribution is 2.25. The van der Waals surface area contributed by atoms with Crippen LogP contribution in [0.25, 0.3) is 0 Å². The Bertz CT molecular complexity index is 551. The summed E-state index contributed by atoms with van der Waals surface area (Å²) in [5, 5.41) is 38.9. The number of carboxylic acids is 1. The average Bonchev–Trinajstić information content (AvgIpc) is 3.03. The third-order valence-electron chi connectivity index (χ3n) is 4.42. The van der Waals surface area contributed by atoms with E-state index in [0.717, 1.165) is 12.8 Å². The zero-order chi connectivity index (χ0) is 20.8. The molecule has 6 heteroatoms. The van der Waals surface area contributed by atoms with Crippen molar-refractivity contribution in [2.75, 3.05) is 0 Å². The topological polar surface area (TPSA) is 107 Å². The number of ether oxygens (including phenoxy) is 1. The number of hydrogen-bond acceptors (Lipinski definition) is 5. The number of hydrogen-bond donors (Lipinski definition) is 4. The first-order valence-electron chi connectivity index (χ1n) is 9.98. The Balaban J connectivity index is 2.34. The molecular weight excluding hydrogens is 360 g/mol. The van der Waals surface area contributed by atoms with Crippen molar-refractivity contribution < 1.29 is 30.0 Å². The second-order valence-electron chi connectivity index (χ2n) is 6.92. The van der Waals surface area contributed by atoms with Crippen LogP contribution in [0.1, 0.15) is 51.9 Å². The predicted molar refractivity (Wildman–Crippen MR) is 109 cm³/mol. The Kier molecular flexibility index (Phi) is 12.4. The Morgan fingerprint density at radius 2 is 1.82 bits per heavy atom.